The number of hydrogen-bond donors (Lipinski definition) is 1. The number of H-pyrrole nitrogens is 1. The maximum atomic E-state index is 12.6. The molecule has 114 valence electrons. The Labute approximate surface area is 141 Å². The molecule has 1 N–H and O–H groups in total. The Balaban J connectivity index is 2.33. The number of fused-ring (bicyclic) bond motifs is 1. The first-order valence-electron chi connectivity index (χ1n) is 7.30. The molecule has 0 unspecified atom stereocenters. The lowest BCUT2D eigenvalue weighted by atomic mass is 10.0. The van der Waals surface area contributed by atoms with Gasteiger partial charge in [-0.25, -0.2) is 4.98 Å². The van der Waals surface area contributed by atoms with Crippen molar-refractivity contribution >= 4 is 37.5 Å². The van der Waals surface area contributed by atoms with E-state index in [-0.39, 0.29) is 5.56 Å². The van der Waals surface area contributed by atoms with Crippen LogP contribution in [-0.2, 0) is 6.42 Å². The van der Waals surface area contributed by atoms with Crippen molar-refractivity contribution in [1.29, 1.82) is 0 Å². The predicted molar refractivity (Wildman–Crippen MR) is 96.8 cm³/mol. The molecule has 0 bridgehead atoms. The second-order valence-corrected chi connectivity index (χ2v) is 7.52. The Bertz CT molecular complexity index is 911. The number of rotatable bonds is 3. The number of aromatic amines is 1. The minimum atomic E-state index is -0.0405. The average Bonchev–Trinajstić information content (AvgIpc) is 2.78. The molecular formula is C17H17BrN2OS. The third kappa shape index (κ3) is 2.63. The third-order valence-corrected chi connectivity index (χ3v) is 5.36. The van der Waals surface area contributed by atoms with Crippen molar-refractivity contribution in [1.82, 2.24) is 9.97 Å². The first kappa shape index (κ1) is 15.4. The van der Waals surface area contributed by atoms with E-state index in [0.29, 0.717) is 5.39 Å². The van der Waals surface area contributed by atoms with Gasteiger partial charge in [0, 0.05) is 21.3 Å². The van der Waals surface area contributed by atoms with Crippen LogP contribution in [0.5, 0.6) is 0 Å². The van der Waals surface area contributed by atoms with E-state index in [9.17, 15) is 4.79 Å². The minimum absolute atomic E-state index is 0.0405. The molecule has 0 atom stereocenters. The predicted octanol–water partition coefficient (Wildman–Crippen LogP) is 4.98. The lowest BCUT2D eigenvalue weighted by Crippen LogP contribution is -2.11. The number of aromatic nitrogens is 2. The molecule has 22 heavy (non-hydrogen) atoms. The summed E-state index contributed by atoms with van der Waals surface area (Å²) in [4.78, 5) is 22.1. The maximum absolute atomic E-state index is 12.6. The highest BCUT2D eigenvalue weighted by Gasteiger charge is 2.18. The Morgan fingerprint density at radius 2 is 2.09 bits per heavy atom. The summed E-state index contributed by atoms with van der Waals surface area (Å²) in [6, 6.07) is 6.19. The van der Waals surface area contributed by atoms with Gasteiger partial charge in [-0.3, -0.25) is 4.79 Å². The highest BCUT2D eigenvalue weighted by molar-refractivity contribution is 9.10. The number of nitrogens with zero attached hydrogens (tertiary/aromatic N) is 1. The van der Waals surface area contributed by atoms with E-state index in [1.807, 2.05) is 6.07 Å². The normalized spacial score (nSPS) is 11.3. The van der Waals surface area contributed by atoms with E-state index in [4.69, 9.17) is 0 Å². The summed E-state index contributed by atoms with van der Waals surface area (Å²) >= 11 is 5.20. The van der Waals surface area contributed by atoms with Gasteiger partial charge in [-0.15, -0.1) is 11.3 Å². The van der Waals surface area contributed by atoms with Crippen LogP contribution in [0.3, 0.4) is 0 Å². The third-order valence-electron chi connectivity index (χ3n) is 3.67. The molecule has 0 aliphatic carbocycles. The number of halogens is 1. The van der Waals surface area contributed by atoms with Crippen LogP contribution in [0.25, 0.3) is 21.3 Å². The molecule has 0 amide bonds. The second-order valence-electron chi connectivity index (χ2n) is 5.46. The van der Waals surface area contributed by atoms with Crippen LogP contribution in [0.4, 0.5) is 0 Å². The molecule has 0 saturated carbocycles. The van der Waals surface area contributed by atoms with E-state index in [0.717, 1.165) is 44.0 Å². The minimum Gasteiger partial charge on any atom is -0.310 e. The standard InChI is InChI=1S/C17H17BrN2OS/c1-4-5-13-19-16(21)15-14(10(3)22-17(15)20-13)11-8-9(2)6-7-12(11)18/h6-8H,4-5H2,1-3H3,(H,19,20,21). The summed E-state index contributed by atoms with van der Waals surface area (Å²) in [6.07, 6.45) is 1.76. The molecule has 2 heterocycles. The second kappa shape index (κ2) is 5.97. The molecule has 0 aliphatic heterocycles. The summed E-state index contributed by atoms with van der Waals surface area (Å²) in [5.74, 6) is 0.774. The van der Waals surface area contributed by atoms with Crippen LogP contribution < -0.4 is 5.56 Å². The van der Waals surface area contributed by atoms with Crippen LogP contribution >= 0.6 is 27.3 Å². The fraction of sp³-hybridized carbons (Fsp3) is 0.294. The molecule has 0 fully saturated rings. The van der Waals surface area contributed by atoms with Crippen LogP contribution in [0.15, 0.2) is 27.5 Å². The number of benzene rings is 1. The Morgan fingerprint density at radius 3 is 2.82 bits per heavy atom. The number of aryl methyl sites for hydroxylation is 3. The zero-order chi connectivity index (χ0) is 15.9. The molecule has 3 aromatic rings. The van der Waals surface area contributed by atoms with Gasteiger partial charge in [-0.1, -0.05) is 40.5 Å². The van der Waals surface area contributed by atoms with Gasteiger partial charge >= 0.3 is 0 Å². The summed E-state index contributed by atoms with van der Waals surface area (Å²) in [6.45, 7) is 6.19. The van der Waals surface area contributed by atoms with Gasteiger partial charge in [0.2, 0.25) is 0 Å². The Morgan fingerprint density at radius 1 is 1.32 bits per heavy atom. The fourth-order valence-electron chi connectivity index (χ4n) is 2.67. The van der Waals surface area contributed by atoms with Crippen LogP contribution in [-0.4, -0.2) is 9.97 Å². The van der Waals surface area contributed by atoms with Gasteiger partial charge in [-0.05, 0) is 31.9 Å². The highest BCUT2D eigenvalue weighted by Crippen LogP contribution is 2.39. The van der Waals surface area contributed by atoms with Crippen LogP contribution in [0.1, 0.15) is 29.6 Å². The lowest BCUT2D eigenvalue weighted by molar-refractivity contribution is 0.838. The van der Waals surface area contributed by atoms with Gasteiger partial charge in [0.1, 0.15) is 10.7 Å². The zero-order valence-electron chi connectivity index (χ0n) is 12.8. The smallest absolute Gasteiger partial charge is 0.260 e. The quantitative estimate of drug-likeness (QED) is 0.700. The van der Waals surface area contributed by atoms with Gasteiger partial charge in [0.15, 0.2) is 0 Å². The zero-order valence-corrected chi connectivity index (χ0v) is 15.2. The van der Waals surface area contributed by atoms with Crippen molar-refractivity contribution in [2.75, 3.05) is 0 Å². The van der Waals surface area contributed by atoms with Crippen molar-refractivity contribution in [3.8, 4) is 11.1 Å². The molecule has 0 aliphatic rings. The van der Waals surface area contributed by atoms with E-state index in [1.54, 1.807) is 11.3 Å². The van der Waals surface area contributed by atoms with Gasteiger partial charge < -0.3 is 4.98 Å². The van der Waals surface area contributed by atoms with Crippen molar-refractivity contribution in [2.24, 2.45) is 0 Å². The number of thiophene rings is 1. The first-order chi connectivity index (χ1) is 10.5. The van der Waals surface area contributed by atoms with E-state index >= 15 is 0 Å². The molecule has 3 nitrogen and oxygen atoms in total. The largest absolute Gasteiger partial charge is 0.310 e. The molecule has 0 radical (unpaired) electrons. The first-order valence-corrected chi connectivity index (χ1v) is 8.91. The summed E-state index contributed by atoms with van der Waals surface area (Å²) in [7, 11) is 0. The van der Waals surface area contributed by atoms with E-state index in [1.165, 1.54) is 5.56 Å². The highest BCUT2D eigenvalue weighted by atomic mass is 79.9. The van der Waals surface area contributed by atoms with Crippen molar-refractivity contribution < 1.29 is 0 Å². The van der Waals surface area contributed by atoms with E-state index in [2.05, 4.69) is 58.8 Å². The van der Waals surface area contributed by atoms with Gasteiger partial charge in [-0.2, -0.15) is 0 Å². The maximum Gasteiger partial charge on any atom is 0.260 e. The van der Waals surface area contributed by atoms with Crippen LogP contribution in [0, 0.1) is 13.8 Å². The summed E-state index contributed by atoms with van der Waals surface area (Å²) in [5, 5.41) is 0.702. The lowest BCUT2D eigenvalue weighted by Gasteiger charge is -2.06. The van der Waals surface area contributed by atoms with E-state index < -0.39 is 0 Å². The average molecular weight is 377 g/mol. The summed E-state index contributed by atoms with van der Waals surface area (Å²) in [5.41, 5.74) is 3.18. The van der Waals surface area contributed by atoms with Crippen molar-refractivity contribution in [3.05, 3.63) is 49.3 Å². The Kier molecular flexibility index (Phi) is 4.19. The molecule has 2 aromatic heterocycles. The Hall–Kier alpha value is -1.46. The number of nitrogens with one attached hydrogen (secondary N) is 1. The van der Waals surface area contributed by atoms with Gasteiger partial charge in [0.25, 0.3) is 5.56 Å². The number of hydrogen-bond acceptors (Lipinski definition) is 3. The SMILES string of the molecule is CCCc1nc2sc(C)c(-c3cc(C)ccc3Br)c2c(=O)[nH]1. The molecular weight excluding hydrogens is 360 g/mol. The molecule has 1 aromatic carbocycles. The van der Waals surface area contributed by atoms with Gasteiger partial charge in [0.05, 0.1) is 5.39 Å². The molecule has 5 heteroatoms. The molecule has 0 spiro atoms. The van der Waals surface area contributed by atoms with Crippen LogP contribution in [0.2, 0.25) is 0 Å². The molecule has 0 saturated heterocycles. The monoisotopic (exact) mass is 376 g/mol. The topological polar surface area (TPSA) is 45.8 Å². The summed E-state index contributed by atoms with van der Waals surface area (Å²) < 4.78 is 0.998. The van der Waals surface area contributed by atoms with Crippen molar-refractivity contribution in [3.63, 3.8) is 0 Å². The molecule has 3 rings (SSSR count). The fourth-order valence-corrected chi connectivity index (χ4v) is 4.18. The van der Waals surface area contributed by atoms with Crippen molar-refractivity contribution in [2.45, 2.75) is 33.6 Å².